The molecule has 0 spiro atoms. The van der Waals surface area contributed by atoms with E-state index in [1.165, 1.54) is 4.90 Å². The summed E-state index contributed by atoms with van der Waals surface area (Å²) in [4.78, 5) is 1.23. The van der Waals surface area contributed by atoms with Gasteiger partial charge in [0.05, 0.1) is 6.10 Å². The number of aliphatic hydroxyl groups excluding tert-OH is 1. The number of hydrogen-bond donors (Lipinski definition) is 1. The van der Waals surface area contributed by atoms with Crippen molar-refractivity contribution in [3.05, 3.63) is 28.2 Å². The van der Waals surface area contributed by atoms with Crippen molar-refractivity contribution in [2.75, 3.05) is 0 Å². The Hall–Kier alpha value is 0.01000. The molecule has 0 heterocycles. The van der Waals surface area contributed by atoms with Gasteiger partial charge in [0.25, 0.3) is 0 Å². The largest absolute Gasteiger partial charge is 0.389 e. The molecular formula is C11H15BrOS. The van der Waals surface area contributed by atoms with Gasteiger partial charge in [-0.2, -0.15) is 0 Å². The summed E-state index contributed by atoms with van der Waals surface area (Å²) in [5, 5.41) is 10.0. The quantitative estimate of drug-likeness (QED) is 0.841. The van der Waals surface area contributed by atoms with Crippen molar-refractivity contribution < 1.29 is 5.11 Å². The molecular weight excluding hydrogens is 260 g/mol. The third kappa shape index (κ3) is 3.30. The highest BCUT2D eigenvalue weighted by molar-refractivity contribution is 9.10. The first-order valence-electron chi connectivity index (χ1n) is 4.65. The second kappa shape index (κ2) is 5.19. The van der Waals surface area contributed by atoms with Crippen LogP contribution in [-0.2, 0) is 0 Å². The van der Waals surface area contributed by atoms with Gasteiger partial charge in [0.2, 0.25) is 0 Å². The molecule has 1 atom stereocenters. The van der Waals surface area contributed by atoms with E-state index in [0.29, 0.717) is 5.25 Å². The first-order valence-corrected chi connectivity index (χ1v) is 6.32. The van der Waals surface area contributed by atoms with Crippen LogP contribution in [0.5, 0.6) is 0 Å². The van der Waals surface area contributed by atoms with Crippen molar-refractivity contribution in [1.29, 1.82) is 0 Å². The fourth-order valence-corrected chi connectivity index (χ4v) is 2.93. The van der Waals surface area contributed by atoms with Crippen LogP contribution in [0.15, 0.2) is 27.6 Å². The number of rotatable bonds is 3. The Labute approximate surface area is 98.0 Å². The number of hydrogen-bond acceptors (Lipinski definition) is 2. The Morgan fingerprint density at radius 1 is 1.29 bits per heavy atom. The molecule has 1 unspecified atom stereocenters. The molecule has 1 aromatic rings. The molecule has 78 valence electrons. The van der Waals surface area contributed by atoms with Gasteiger partial charge in [-0.25, -0.2) is 0 Å². The van der Waals surface area contributed by atoms with Crippen LogP contribution in [0.2, 0.25) is 0 Å². The molecule has 0 fully saturated rings. The Kier molecular flexibility index (Phi) is 4.48. The molecule has 1 N–H and O–H groups in total. The molecule has 0 aromatic heterocycles. The van der Waals surface area contributed by atoms with E-state index in [-0.39, 0.29) is 0 Å². The second-order valence-corrected chi connectivity index (χ2v) is 6.03. The summed E-state index contributed by atoms with van der Waals surface area (Å²) in [7, 11) is 0. The molecule has 1 aromatic carbocycles. The maximum Gasteiger partial charge on any atom is 0.0772 e. The minimum Gasteiger partial charge on any atom is -0.389 e. The van der Waals surface area contributed by atoms with Gasteiger partial charge in [-0.15, -0.1) is 11.8 Å². The van der Waals surface area contributed by atoms with Crippen LogP contribution in [-0.4, -0.2) is 10.4 Å². The lowest BCUT2D eigenvalue weighted by molar-refractivity contribution is 0.198. The van der Waals surface area contributed by atoms with Gasteiger partial charge in [-0.1, -0.05) is 35.8 Å². The van der Waals surface area contributed by atoms with E-state index in [1.54, 1.807) is 6.92 Å². The van der Waals surface area contributed by atoms with E-state index in [9.17, 15) is 5.11 Å². The van der Waals surface area contributed by atoms with Crippen LogP contribution >= 0.6 is 27.7 Å². The van der Waals surface area contributed by atoms with Crippen molar-refractivity contribution in [2.24, 2.45) is 0 Å². The molecule has 0 aliphatic heterocycles. The Morgan fingerprint density at radius 2 is 1.93 bits per heavy atom. The molecule has 0 aliphatic carbocycles. The predicted octanol–water partition coefficient (Wildman–Crippen LogP) is 4.00. The standard InChI is InChI=1S/C11H15BrOS/c1-7(2)14-9-4-5-10(8(3)13)11(12)6-9/h4-8,13H,1-3H3. The number of benzene rings is 1. The van der Waals surface area contributed by atoms with E-state index >= 15 is 0 Å². The third-order valence-electron chi connectivity index (χ3n) is 1.79. The number of halogens is 1. The van der Waals surface area contributed by atoms with Crippen molar-refractivity contribution >= 4 is 27.7 Å². The molecule has 0 aliphatic rings. The summed E-state index contributed by atoms with van der Waals surface area (Å²) in [6.07, 6.45) is -0.414. The molecule has 14 heavy (non-hydrogen) atoms. The van der Waals surface area contributed by atoms with Crippen molar-refractivity contribution in [2.45, 2.75) is 37.0 Å². The fourth-order valence-electron chi connectivity index (χ4n) is 1.19. The van der Waals surface area contributed by atoms with Crippen LogP contribution in [0.4, 0.5) is 0 Å². The molecule has 3 heteroatoms. The zero-order valence-corrected chi connectivity index (χ0v) is 11.0. The zero-order chi connectivity index (χ0) is 10.7. The molecule has 0 amide bonds. The molecule has 0 radical (unpaired) electrons. The predicted molar refractivity (Wildman–Crippen MR) is 65.8 cm³/mol. The lowest BCUT2D eigenvalue weighted by Crippen LogP contribution is -1.93. The lowest BCUT2D eigenvalue weighted by atomic mass is 10.1. The average molecular weight is 275 g/mol. The van der Waals surface area contributed by atoms with E-state index in [4.69, 9.17) is 0 Å². The van der Waals surface area contributed by atoms with Crippen LogP contribution in [0, 0.1) is 0 Å². The van der Waals surface area contributed by atoms with Crippen LogP contribution in [0.3, 0.4) is 0 Å². The first kappa shape index (κ1) is 12.1. The van der Waals surface area contributed by atoms with Gasteiger partial charge in [0.1, 0.15) is 0 Å². The normalized spacial score (nSPS) is 13.3. The fraction of sp³-hybridized carbons (Fsp3) is 0.455. The maximum absolute atomic E-state index is 9.44. The summed E-state index contributed by atoms with van der Waals surface area (Å²) in [5.41, 5.74) is 0.943. The van der Waals surface area contributed by atoms with Crippen LogP contribution in [0.25, 0.3) is 0 Å². The van der Waals surface area contributed by atoms with E-state index < -0.39 is 6.10 Å². The van der Waals surface area contributed by atoms with Crippen LogP contribution in [0.1, 0.15) is 32.4 Å². The molecule has 1 nitrogen and oxygen atoms in total. The number of thioether (sulfide) groups is 1. The van der Waals surface area contributed by atoms with Gasteiger partial charge in [-0.05, 0) is 24.6 Å². The highest BCUT2D eigenvalue weighted by Crippen LogP contribution is 2.30. The van der Waals surface area contributed by atoms with E-state index in [0.717, 1.165) is 10.0 Å². The Morgan fingerprint density at radius 3 is 2.36 bits per heavy atom. The van der Waals surface area contributed by atoms with Crippen molar-refractivity contribution in [3.63, 3.8) is 0 Å². The highest BCUT2D eigenvalue weighted by atomic mass is 79.9. The van der Waals surface area contributed by atoms with E-state index in [2.05, 4.69) is 41.9 Å². The Balaban J connectivity index is 2.89. The van der Waals surface area contributed by atoms with Gasteiger partial charge < -0.3 is 5.11 Å². The van der Waals surface area contributed by atoms with Gasteiger partial charge >= 0.3 is 0 Å². The maximum atomic E-state index is 9.44. The topological polar surface area (TPSA) is 20.2 Å². The van der Waals surface area contributed by atoms with Crippen LogP contribution < -0.4 is 0 Å². The molecule has 0 saturated carbocycles. The van der Waals surface area contributed by atoms with Crippen molar-refractivity contribution in [1.82, 2.24) is 0 Å². The molecule has 1 rings (SSSR count). The zero-order valence-electron chi connectivity index (χ0n) is 8.62. The smallest absolute Gasteiger partial charge is 0.0772 e. The average Bonchev–Trinajstić information content (AvgIpc) is 2.01. The SMILES string of the molecule is CC(C)Sc1ccc(C(C)O)c(Br)c1. The first-order chi connectivity index (χ1) is 6.50. The monoisotopic (exact) mass is 274 g/mol. The number of aliphatic hydroxyl groups is 1. The highest BCUT2D eigenvalue weighted by Gasteiger charge is 2.07. The van der Waals surface area contributed by atoms with E-state index in [1.807, 2.05) is 17.8 Å². The summed E-state index contributed by atoms with van der Waals surface area (Å²) >= 11 is 5.29. The minimum absolute atomic E-state index is 0.414. The summed E-state index contributed by atoms with van der Waals surface area (Å²) in [5.74, 6) is 0. The van der Waals surface area contributed by atoms with Gasteiger partial charge in [0, 0.05) is 14.6 Å². The molecule has 0 bridgehead atoms. The Bertz CT molecular complexity index is 310. The lowest BCUT2D eigenvalue weighted by Gasteiger charge is -2.10. The second-order valence-electron chi connectivity index (χ2n) is 3.53. The van der Waals surface area contributed by atoms with Crippen molar-refractivity contribution in [3.8, 4) is 0 Å². The summed E-state index contributed by atoms with van der Waals surface area (Å²) < 4.78 is 0.984. The third-order valence-corrected chi connectivity index (χ3v) is 3.48. The van der Waals surface area contributed by atoms with Gasteiger partial charge in [0.15, 0.2) is 0 Å². The summed E-state index contributed by atoms with van der Waals surface area (Å²) in [6.45, 7) is 6.11. The minimum atomic E-state index is -0.414. The van der Waals surface area contributed by atoms with Gasteiger partial charge in [-0.3, -0.25) is 0 Å². The molecule has 0 saturated heterocycles. The summed E-state index contributed by atoms with van der Waals surface area (Å²) in [6, 6.07) is 6.09.